The van der Waals surface area contributed by atoms with Crippen molar-refractivity contribution in [3.05, 3.63) is 70.2 Å². The van der Waals surface area contributed by atoms with Gasteiger partial charge in [-0.15, -0.1) is 0 Å². The minimum Gasteiger partial charge on any atom is -0.310 e. The molecule has 0 spiro atoms. The van der Waals surface area contributed by atoms with Gasteiger partial charge in [-0.25, -0.2) is 8.78 Å². The molecule has 2 aromatic carbocycles. The molecule has 0 radical (unpaired) electrons. The Morgan fingerprint density at radius 3 is 2.20 bits per heavy atom. The molecule has 1 unspecified atom stereocenters. The van der Waals surface area contributed by atoms with Gasteiger partial charge < -0.3 is 5.32 Å². The molecule has 2 rings (SSSR count). The van der Waals surface area contributed by atoms with Crippen molar-refractivity contribution in [2.45, 2.75) is 19.4 Å². The van der Waals surface area contributed by atoms with Gasteiger partial charge in [-0.2, -0.15) is 0 Å². The highest BCUT2D eigenvalue weighted by atomic mass is 35.5. The SMILES string of the molecule is CCNC(Cc1ccc(Cl)cc1)c1cc(F)cc(F)c1. The Hall–Kier alpha value is -1.45. The maximum Gasteiger partial charge on any atom is 0.126 e. The van der Waals surface area contributed by atoms with Crippen LogP contribution < -0.4 is 5.32 Å². The van der Waals surface area contributed by atoms with Gasteiger partial charge in [0.2, 0.25) is 0 Å². The largest absolute Gasteiger partial charge is 0.310 e. The minimum absolute atomic E-state index is 0.133. The summed E-state index contributed by atoms with van der Waals surface area (Å²) in [6.45, 7) is 2.68. The molecule has 0 fully saturated rings. The highest BCUT2D eigenvalue weighted by molar-refractivity contribution is 6.30. The molecule has 0 saturated heterocycles. The maximum atomic E-state index is 13.3. The van der Waals surface area contributed by atoms with Crippen molar-refractivity contribution in [1.82, 2.24) is 5.32 Å². The first-order chi connectivity index (χ1) is 9.58. The molecule has 106 valence electrons. The molecule has 0 heterocycles. The van der Waals surface area contributed by atoms with Crippen molar-refractivity contribution >= 4 is 11.6 Å². The van der Waals surface area contributed by atoms with E-state index in [-0.39, 0.29) is 6.04 Å². The summed E-state index contributed by atoms with van der Waals surface area (Å²) < 4.78 is 26.7. The summed E-state index contributed by atoms with van der Waals surface area (Å²) in [4.78, 5) is 0. The van der Waals surface area contributed by atoms with Crippen LogP contribution in [0.1, 0.15) is 24.1 Å². The molecule has 2 aromatic rings. The maximum absolute atomic E-state index is 13.3. The third-order valence-electron chi connectivity index (χ3n) is 3.09. The van der Waals surface area contributed by atoms with Crippen LogP contribution in [0.3, 0.4) is 0 Å². The highest BCUT2D eigenvalue weighted by Crippen LogP contribution is 2.21. The second kappa shape index (κ2) is 6.82. The summed E-state index contributed by atoms with van der Waals surface area (Å²) in [5.41, 5.74) is 1.67. The van der Waals surface area contributed by atoms with Crippen molar-refractivity contribution < 1.29 is 8.78 Å². The van der Waals surface area contributed by atoms with Crippen LogP contribution in [0, 0.1) is 11.6 Å². The first kappa shape index (κ1) is 14.9. The summed E-state index contributed by atoms with van der Waals surface area (Å²) in [6.07, 6.45) is 0.647. The molecule has 0 amide bonds. The van der Waals surface area contributed by atoms with Crippen LogP contribution in [0.5, 0.6) is 0 Å². The minimum atomic E-state index is -0.556. The number of nitrogens with one attached hydrogen (secondary N) is 1. The Morgan fingerprint density at radius 1 is 1.05 bits per heavy atom. The average Bonchev–Trinajstić information content (AvgIpc) is 2.39. The third kappa shape index (κ3) is 4.02. The smallest absolute Gasteiger partial charge is 0.126 e. The van der Waals surface area contributed by atoms with Gasteiger partial charge in [0.1, 0.15) is 11.6 Å². The molecule has 1 nitrogen and oxygen atoms in total. The quantitative estimate of drug-likeness (QED) is 0.855. The fourth-order valence-corrected chi connectivity index (χ4v) is 2.31. The van der Waals surface area contributed by atoms with E-state index in [9.17, 15) is 8.78 Å². The van der Waals surface area contributed by atoms with Crippen molar-refractivity contribution in [3.8, 4) is 0 Å². The number of likely N-dealkylation sites (N-methyl/N-ethyl adjacent to an activating group) is 1. The lowest BCUT2D eigenvalue weighted by Crippen LogP contribution is -2.23. The van der Waals surface area contributed by atoms with E-state index < -0.39 is 11.6 Å². The van der Waals surface area contributed by atoms with E-state index >= 15 is 0 Å². The van der Waals surface area contributed by atoms with E-state index in [1.54, 1.807) is 0 Å². The van der Waals surface area contributed by atoms with Gasteiger partial charge in [-0.1, -0.05) is 30.7 Å². The van der Waals surface area contributed by atoms with E-state index in [4.69, 9.17) is 11.6 Å². The zero-order valence-electron chi connectivity index (χ0n) is 11.2. The first-order valence-corrected chi connectivity index (χ1v) is 6.90. The molecular weight excluding hydrogens is 280 g/mol. The molecule has 20 heavy (non-hydrogen) atoms. The summed E-state index contributed by atoms with van der Waals surface area (Å²) in [5.74, 6) is -1.11. The predicted molar refractivity (Wildman–Crippen MR) is 77.9 cm³/mol. The lowest BCUT2D eigenvalue weighted by Gasteiger charge is -2.19. The van der Waals surface area contributed by atoms with Gasteiger partial charge >= 0.3 is 0 Å². The van der Waals surface area contributed by atoms with Gasteiger partial charge in [0.25, 0.3) is 0 Å². The molecule has 1 N–H and O–H groups in total. The van der Waals surface area contributed by atoms with E-state index in [1.807, 2.05) is 31.2 Å². The van der Waals surface area contributed by atoms with Gasteiger partial charge in [0.15, 0.2) is 0 Å². The van der Waals surface area contributed by atoms with E-state index in [0.29, 0.717) is 17.0 Å². The number of hydrogen-bond acceptors (Lipinski definition) is 1. The predicted octanol–water partition coefficient (Wildman–Crippen LogP) is 4.51. The lowest BCUT2D eigenvalue weighted by molar-refractivity contribution is 0.529. The van der Waals surface area contributed by atoms with Crippen molar-refractivity contribution in [2.24, 2.45) is 0 Å². The van der Waals surface area contributed by atoms with E-state index in [1.165, 1.54) is 12.1 Å². The van der Waals surface area contributed by atoms with Crippen LogP contribution >= 0.6 is 11.6 Å². The average molecular weight is 296 g/mol. The van der Waals surface area contributed by atoms with Gasteiger partial charge in [0.05, 0.1) is 0 Å². The number of hydrogen-bond donors (Lipinski definition) is 1. The van der Waals surface area contributed by atoms with E-state index in [2.05, 4.69) is 5.32 Å². The molecule has 0 aliphatic heterocycles. The van der Waals surface area contributed by atoms with Crippen LogP contribution in [0.15, 0.2) is 42.5 Å². The van der Waals surface area contributed by atoms with Gasteiger partial charge in [-0.05, 0) is 48.4 Å². The standard InChI is InChI=1S/C16H16ClF2N/c1-2-20-16(7-11-3-5-13(17)6-4-11)12-8-14(18)10-15(19)9-12/h3-6,8-10,16,20H,2,7H2,1H3. The van der Waals surface area contributed by atoms with Crippen molar-refractivity contribution in [2.75, 3.05) is 6.54 Å². The Kier molecular flexibility index (Phi) is 5.10. The second-order valence-corrected chi connectivity index (χ2v) is 5.08. The second-order valence-electron chi connectivity index (χ2n) is 4.64. The zero-order valence-corrected chi connectivity index (χ0v) is 11.9. The molecule has 1 atom stereocenters. The summed E-state index contributed by atoms with van der Waals surface area (Å²) in [6, 6.07) is 10.9. The van der Waals surface area contributed by atoms with Crippen LogP contribution in [-0.2, 0) is 6.42 Å². The number of halogens is 3. The van der Waals surface area contributed by atoms with Crippen molar-refractivity contribution in [1.29, 1.82) is 0 Å². The molecule has 0 aliphatic rings. The van der Waals surface area contributed by atoms with E-state index in [0.717, 1.165) is 18.2 Å². The molecule has 0 bridgehead atoms. The summed E-state index contributed by atoms with van der Waals surface area (Å²) >= 11 is 5.85. The molecule has 0 aliphatic carbocycles. The number of rotatable bonds is 5. The van der Waals surface area contributed by atoms with Crippen LogP contribution in [0.25, 0.3) is 0 Å². The fourth-order valence-electron chi connectivity index (χ4n) is 2.19. The first-order valence-electron chi connectivity index (χ1n) is 6.52. The fraction of sp³-hybridized carbons (Fsp3) is 0.250. The molecule has 4 heteroatoms. The van der Waals surface area contributed by atoms with Crippen LogP contribution in [0.4, 0.5) is 8.78 Å². The molecular formula is C16H16ClF2N. The Balaban J connectivity index is 2.23. The Morgan fingerprint density at radius 2 is 1.65 bits per heavy atom. The summed E-state index contributed by atoms with van der Waals surface area (Å²) in [5, 5.41) is 3.92. The third-order valence-corrected chi connectivity index (χ3v) is 3.34. The topological polar surface area (TPSA) is 12.0 Å². The molecule has 0 aromatic heterocycles. The normalized spacial score (nSPS) is 12.4. The highest BCUT2D eigenvalue weighted by Gasteiger charge is 2.13. The Labute approximate surface area is 122 Å². The number of benzene rings is 2. The monoisotopic (exact) mass is 295 g/mol. The van der Waals surface area contributed by atoms with Crippen LogP contribution in [-0.4, -0.2) is 6.54 Å². The van der Waals surface area contributed by atoms with Crippen LogP contribution in [0.2, 0.25) is 5.02 Å². The lowest BCUT2D eigenvalue weighted by atomic mass is 9.98. The van der Waals surface area contributed by atoms with Crippen molar-refractivity contribution in [3.63, 3.8) is 0 Å². The van der Waals surface area contributed by atoms with Gasteiger partial charge in [0, 0.05) is 17.1 Å². The molecule has 0 saturated carbocycles. The van der Waals surface area contributed by atoms with Gasteiger partial charge in [-0.3, -0.25) is 0 Å². The zero-order chi connectivity index (χ0) is 14.5. The summed E-state index contributed by atoms with van der Waals surface area (Å²) in [7, 11) is 0. The Bertz CT molecular complexity index is 549.